The van der Waals surface area contributed by atoms with Crippen molar-refractivity contribution in [2.24, 2.45) is 0 Å². The Labute approximate surface area is 122 Å². The molecule has 1 aliphatic carbocycles. The molecule has 5 heteroatoms. The van der Waals surface area contributed by atoms with Crippen LogP contribution in [0.1, 0.15) is 37.7 Å². The minimum absolute atomic E-state index is 0.201. The summed E-state index contributed by atoms with van der Waals surface area (Å²) >= 11 is 0. The van der Waals surface area contributed by atoms with Crippen molar-refractivity contribution in [3.05, 3.63) is 52.7 Å². The molecule has 0 atom stereocenters. The fraction of sp³-hybridized carbons (Fsp3) is 0.375. The molecular weight excluding hydrogens is 268 g/mol. The second-order valence-electron chi connectivity index (χ2n) is 5.63. The van der Waals surface area contributed by atoms with Gasteiger partial charge < -0.3 is 10.1 Å². The van der Waals surface area contributed by atoms with E-state index >= 15 is 0 Å². The van der Waals surface area contributed by atoms with Crippen molar-refractivity contribution in [1.29, 1.82) is 0 Å². The van der Waals surface area contributed by atoms with Crippen LogP contribution in [0.4, 0.5) is 0 Å². The molecular formula is C16H18N2O3. The van der Waals surface area contributed by atoms with E-state index < -0.39 is 11.4 Å². The third-order valence-corrected chi connectivity index (χ3v) is 4.46. The second kappa shape index (κ2) is 5.24. The summed E-state index contributed by atoms with van der Waals surface area (Å²) in [6, 6.07) is 7.30. The first-order chi connectivity index (χ1) is 10.1. The van der Waals surface area contributed by atoms with E-state index in [1.54, 1.807) is 12.4 Å². The largest absolute Gasteiger partial charge is 0.481 e. The van der Waals surface area contributed by atoms with Crippen LogP contribution >= 0.6 is 0 Å². The number of hydrogen-bond acceptors (Lipinski definition) is 2. The molecule has 0 saturated heterocycles. The van der Waals surface area contributed by atoms with E-state index in [0.717, 1.165) is 30.5 Å². The minimum Gasteiger partial charge on any atom is -0.481 e. The summed E-state index contributed by atoms with van der Waals surface area (Å²) in [7, 11) is 0. The Morgan fingerprint density at radius 2 is 1.81 bits per heavy atom. The Bertz CT molecular complexity index is 691. The fourth-order valence-electron chi connectivity index (χ4n) is 3.25. The number of nitrogens with zero attached hydrogens (tertiary/aromatic N) is 1. The molecule has 1 aromatic carbocycles. The lowest BCUT2D eigenvalue weighted by atomic mass is 9.69. The van der Waals surface area contributed by atoms with Gasteiger partial charge in [0.2, 0.25) is 0 Å². The van der Waals surface area contributed by atoms with Crippen molar-refractivity contribution in [2.45, 2.75) is 37.5 Å². The SMILES string of the molecule is O=C(O)C1(c2ccc(-n3cc[nH]c3=O)cc2)CCCCC1. The number of H-pyrrole nitrogens is 1. The fourth-order valence-corrected chi connectivity index (χ4v) is 3.25. The lowest BCUT2D eigenvalue weighted by Crippen LogP contribution is -2.37. The monoisotopic (exact) mass is 286 g/mol. The molecule has 1 aliphatic rings. The van der Waals surface area contributed by atoms with Gasteiger partial charge in [0.15, 0.2) is 0 Å². The Hall–Kier alpha value is -2.30. The highest BCUT2D eigenvalue weighted by Gasteiger charge is 2.41. The standard InChI is InChI=1S/C16H18N2O3/c19-14(20)16(8-2-1-3-9-16)12-4-6-13(7-5-12)18-11-10-17-15(18)21/h4-7,10-11H,1-3,8-9H2,(H,17,21)(H,19,20). The first-order valence-electron chi connectivity index (χ1n) is 7.24. The van der Waals surface area contributed by atoms with Gasteiger partial charge in [0, 0.05) is 12.4 Å². The molecule has 0 unspecified atom stereocenters. The molecule has 0 amide bonds. The molecule has 1 heterocycles. The molecule has 1 aromatic heterocycles. The molecule has 1 saturated carbocycles. The van der Waals surface area contributed by atoms with Gasteiger partial charge in [0.25, 0.3) is 0 Å². The molecule has 3 rings (SSSR count). The number of hydrogen-bond donors (Lipinski definition) is 2. The quantitative estimate of drug-likeness (QED) is 0.910. The van der Waals surface area contributed by atoms with E-state index in [-0.39, 0.29) is 5.69 Å². The van der Waals surface area contributed by atoms with Crippen molar-refractivity contribution in [2.75, 3.05) is 0 Å². The molecule has 2 aromatic rings. The zero-order valence-corrected chi connectivity index (χ0v) is 11.7. The molecule has 2 N–H and O–H groups in total. The third-order valence-electron chi connectivity index (χ3n) is 4.46. The summed E-state index contributed by atoms with van der Waals surface area (Å²) in [4.78, 5) is 26.0. The van der Waals surface area contributed by atoms with Crippen LogP contribution in [0.15, 0.2) is 41.5 Å². The van der Waals surface area contributed by atoms with Crippen molar-refractivity contribution >= 4 is 5.97 Å². The van der Waals surface area contributed by atoms with Crippen molar-refractivity contribution < 1.29 is 9.90 Å². The van der Waals surface area contributed by atoms with Gasteiger partial charge in [-0.05, 0) is 30.5 Å². The number of carbonyl (C=O) groups is 1. The zero-order valence-electron chi connectivity index (χ0n) is 11.7. The normalized spacial score (nSPS) is 17.5. The predicted molar refractivity (Wildman–Crippen MR) is 78.8 cm³/mol. The molecule has 5 nitrogen and oxygen atoms in total. The first-order valence-corrected chi connectivity index (χ1v) is 7.24. The predicted octanol–water partition coefficient (Wildman–Crippen LogP) is 2.45. The molecule has 0 aliphatic heterocycles. The summed E-state index contributed by atoms with van der Waals surface area (Å²) in [5.41, 5.74) is 0.608. The van der Waals surface area contributed by atoms with Crippen LogP contribution in [0, 0.1) is 0 Å². The maximum Gasteiger partial charge on any atom is 0.330 e. The van der Waals surface area contributed by atoms with E-state index in [9.17, 15) is 14.7 Å². The zero-order chi connectivity index (χ0) is 14.9. The van der Waals surface area contributed by atoms with Crippen LogP contribution in [0.2, 0.25) is 0 Å². The van der Waals surface area contributed by atoms with Gasteiger partial charge in [-0.15, -0.1) is 0 Å². The summed E-state index contributed by atoms with van der Waals surface area (Å²) in [6.45, 7) is 0. The smallest absolute Gasteiger partial charge is 0.330 e. The summed E-state index contributed by atoms with van der Waals surface area (Å²) in [5, 5.41) is 9.68. The highest BCUT2D eigenvalue weighted by molar-refractivity contribution is 5.81. The molecule has 110 valence electrons. The Kier molecular flexibility index (Phi) is 3.41. The van der Waals surface area contributed by atoms with Crippen molar-refractivity contribution in [3.63, 3.8) is 0 Å². The Morgan fingerprint density at radius 1 is 1.14 bits per heavy atom. The highest BCUT2D eigenvalue weighted by atomic mass is 16.4. The highest BCUT2D eigenvalue weighted by Crippen LogP contribution is 2.39. The van der Waals surface area contributed by atoms with Crippen LogP contribution in [0.25, 0.3) is 5.69 Å². The van der Waals surface area contributed by atoms with Gasteiger partial charge in [-0.3, -0.25) is 9.36 Å². The van der Waals surface area contributed by atoms with Crippen LogP contribution in [-0.2, 0) is 10.2 Å². The number of benzene rings is 1. The number of carboxylic acid groups (broad SMARTS) is 1. The van der Waals surface area contributed by atoms with Gasteiger partial charge in [-0.2, -0.15) is 0 Å². The van der Waals surface area contributed by atoms with Crippen LogP contribution in [0.3, 0.4) is 0 Å². The maximum absolute atomic E-state index is 11.8. The number of aromatic nitrogens is 2. The average Bonchev–Trinajstić information content (AvgIpc) is 2.94. The first kappa shape index (κ1) is 13.7. The number of nitrogens with one attached hydrogen (secondary N) is 1. The summed E-state index contributed by atoms with van der Waals surface area (Å²) in [6.07, 6.45) is 7.61. The van der Waals surface area contributed by atoms with E-state index in [2.05, 4.69) is 4.98 Å². The topological polar surface area (TPSA) is 75.1 Å². The van der Waals surface area contributed by atoms with Gasteiger partial charge in [0.05, 0.1) is 11.1 Å². The van der Waals surface area contributed by atoms with Crippen LogP contribution < -0.4 is 5.69 Å². The van der Waals surface area contributed by atoms with Gasteiger partial charge in [0.1, 0.15) is 0 Å². The minimum atomic E-state index is -0.764. The summed E-state index contributed by atoms with van der Waals surface area (Å²) in [5.74, 6) is -0.742. The van der Waals surface area contributed by atoms with E-state index in [0.29, 0.717) is 12.8 Å². The van der Waals surface area contributed by atoms with E-state index in [4.69, 9.17) is 0 Å². The van der Waals surface area contributed by atoms with Crippen molar-refractivity contribution in [1.82, 2.24) is 9.55 Å². The number of imidazole rings is 1. The maximum atomic E-state index is 11.8. The second-order valence-corrected chi connectivity index (χ2v) is 5.63. The Balaban J connectivity index is 1.98. The molecule has 0 spiro atoms. The molecule has 0 bridgehead atoms. The number of carboxylic acids is 1. The number of aromatic amines is 1. The molecule has 21 heavy (non-hydrogen) atoms. The number of aliphatic carboxylic acids is 1. The average molecular weight is 286 g/mol. The lowest BCUT2D eigenvalue weighted by Gasteiger charge is -2.33. The molecule has 0 radical (unpaired) electrons. The lowest BCUT2D eigenvalue weighted by molar-refractivity contribution is -0.145. The van der Waals surface area contributed by atoms with Gasteiger partial charge in [-0.1, -0.05) is 31.4 Å². The number of rotatable bonds is 3. The third kappa shape index (κ3) is 2.28. The van der Waals surface area contributed by atoms with Crippen LogP contribution in [0.5, 0.6) is 0 Å². The summed E-state index contributed by atoms with van der Waals surface area (Å²) < 4.78 is 1.50. The van der Waals surface area contributed by atoms with Gasteiger partial charge in [-0.25, -0.2) is 4.79 Å². The van der Waals surface area contributed by atoms with Crippen LogP contribution in [-0.4, -0.2) is 20.6 Å². The van der Waals surface area contributed by atoms with Crippen molar-refractivity contribution in [3.8, 4) is 5.69 Å². The van der Waals surface area contributed by atoms with E-state index in [1.165, 1.54) is 4.57 Å². The molecule has 1 fully saturated rings. The van der Waals surface area contributed by atoms with Gasteiger partial charge >= 0.3 is 11.7 Å². The Morgan fingerprint density at radius 3 is 2.33 bits per heavy atom. The van der Waals surface area contributed by atoms with E-state index in [1.807, 2.05) is 24.3 Å².